The summed E-state index contributed by atoms with van der Waals surface area (Å²) in [7, 11) is 0. The third-order valence-corrected chi connectivity index (χ3v) is 7.05. The fourth-order valence-electron chi connectivity index (χ4n) is 5.28. The summed E-state index contributed by atoms with van der Waals surface area (Å²) in [5.74, 6) is 1.34. The summed E-state index contributed by atoms with van der Waals surface area (Å²) in [5.41, 5.74) is 3.50. The summed E-state index contributed by atoms with van der Waals surface area (Å²) in [6, 6.07) is 10.6. The molecular formula is C25H28N2O3. The van der Waals surface area contributed by atoms with Crippen molar-refractivity contribution in [2.24, 2.45) is 11.8 Å². The van der Waals surface area contributed by atoms with E-state index in [0.717, 1.165) is 49.2 Å². The number of likely N-dealkylation sites (tertiary alicyclic amines) is 1. The molecule has 0 bridgehead atoms. The lowest BCUT2D eigenvalue weighted by Crippen LogP contribution is -2.39. The zero-order valence-corrected chi connectivity index (χ0v) is 17.2. The highest BCUT2D eigenvalue weighted by Crippen LogP contribution is 2.52. The van der Waals surface area contributed by atoms with Crippen LogP contribution in [0, 0.1) is 11.8 Å². The summed E-state index contributed by atoms with van der Waals surface area (Å²) < 4.78 is 0. The van der Waals surface area contributed by atoms with Gasteiger partial charge in [0.2, 0.25) is 0 Å². The zero-order chi connectivity index (χ0) is 20.8. The zero-order valence-electron chi connectivity index (χ0n) is 17.2. The van der Waals surface area contributed by atoms with E-state index in [-0.39, 0.29) is 35.3 Å². The van der Waals surface area contributed by atoms with Crippen LogP contribution in [0.5, 0.6) is 11.5 Å². The molecule has 156 valence electrons. The molecule has 0 spiro atoms. The van der Waals surface area contributed by atoms with Crippen molar-refractivity contribution < 1.29 is 15.0 Å². The maximum absolute atomic E-state index is 13.4. The highest BCUT2D eigenvalue weighted by molar-refractivity contribution is 6.01. The lowest BCUT2D eigenvalue weighted by atomic mass is 9.76. The van der Waals surface area contributed by atoms with Crippen LogP contribution in [0.4, 0.5) is 5.69 Å². The van der Waals surface area contributed by atoms with Crippen LogP contribution in [-0.4, -0.2) is 34.1 Å². The molecule has 5 heteroatoms. The molecule has 2 heterocycles. The first kappa shape index (κ1) is 19.0. The normalized spacial score (nSPS) is 25.5. The van der Waals surface area contributed by atoms with Crippen molar-refractivity contribution >= 4 is 11.6 Å². The Labute approximate surface area is 177 Å². The Morgan fingerprint density at radius 2 is 1.90 bits per heavy atom. The number of phenols is 2. The molecule has 1 fully saturated rings. The number of benzene rings is 2. The Morgan fingerprint density at radius 3 is 2.67 bits per heavy atom. The number of hydrogen-bond acceptors (Lipinski definition) is 4. The third-order valence-electron chi connectivity index (χ3n) is 7.05. The van der Waals surface area contributed by atoms with Gasteiger partial charge in [-0.2, -0.15) is 0 Å². The number of nitrogens with one attached hydrogen (secondary N) is 1. The minimum atomic E-state index is -0.131. The second-order valence-electron chi connectivity index (χ2n) is 8.96. The summed E-state index contributed by atoms with van der Waals surface area (Å²) in [4.78, 5) is 15.4. The van der Waals surface area contributed by atoms with Gasteiger partial charge in [-0.05, 0) is 54.9 Å². The van der Waals surface area contributed by atoms with Crippen LogP contribution in [0.3, 0.4) is 0 Å². The Kier molecular flexibility index (Phi) is 4.69. The average molecular weight is 405 g/mol. The molecule has 0 saturated carbocycles. The fourth-order valence-corrected chi connectivity index (χ4v) is 5.28. The van der Waals surface area contributed by atoms with Gasteiger partial charge in [-0.1, -0.05) is 31.2 Å². The predicted octanol–water partition coefficient (Wildman–Crippen LogP) is 4.80. The molecule has 2 aliphatic heterocycles. The second-order valence-corrected chi connectivity index (χ2v) is 8.96. The molecule has 2 aromatic carbocycles. The number of aromatic hydroxyl groups is 2. The van der Waals surface area contributed by atoms with Crippen LogP contribution in [-0.2, 0) is 0 Å². The molecule has 3 aliphatic rings. The number of fused-ring (bicyclic) bond motifs is 3. The first-order valence-corrected chi connectivity index (χ1v) is 10.9. The number of nitrogens with zero attached hydrogens (tertiary/aromatic N) is 1. The molecule has 2 aromatic rings. The summed E-state index contributed by atoms with van der Waals surface area (Å²) in [6.45, 7) is 3.85. The first-order chi connectivity index (χ1) is 14.5. The van der Waals surface area contributed by atoms with Crippen molar-refractivity contribution in [3.63, 3.8) is 0 Å². The number of rotatable bonds is 2. The van der Waals surface area contributed by atoms with Gasteiger partial charge < -0.3 is 20.4 Å². The van der Waals surface area contributed by atoms with Gasteiger partial charge in [0.05, 0.1) is 17.3 Å². The van der Waals surface area contributed by atoms with Gasteiger partial charge in [0.15, 0.2) is 0 Å². The fraction of sp³-hybridized carbons (Fsp3) is 0.400. The van der Waals surface area contributed by atoms with Crippen LogP contribution in [0.25, 0.3) is 0 Å². The largest absolute Gasteiger partial charge is 0.508 e. The average Bonchev–Trinajstić information content (AvgIpc) is 3.23. The predicted molar refractivity (Wildman–Crippen MR) is 117 cm³/mol. The molecule has 5 rings (SSSR count). The number of hydrogen-bond donors (Lipinski definition) is 3. The maximum Gasteiger partial charge on any atom is 0.255 e. The van der Waals surface area contributed by atoms with E-state index in [1.54, 1.807) is 12.1 Å². The molecule has 3 atom stereocenters. The maximum atomic E-state index is 13.4. The Hall–Kier alpha value is -2.95. The number of carbonyl (C=O) groups excluding carboxylic acids is 1. The van der Waals surface area contributed by atoms with Gasteiger partial charge in [-0.15, -0.1) is 0 Å². The SMILES string of the molecule is CC1CCN(C(=O)c2cccc3c2NC(c2ccc(O)cc2O)C2CC=CC32)CC1. The number of para-hydroxylation sites is 1. The Morgan fingerprint density at radius 1 is 1.10 bits per heavy atom. The van der Waals surface area contributed by atoms with Crippen LogP contribution >= 0.6 is 0 Å². The minimum Gasteiger partial charge on any atom is -0.508 e. The number of piperidine rings is 1. The van der Waals surface area contributed by atoms with E-state index in [4.69, 9.17) is 0 Å². The molecule has 1 saturated heterocycles. The summed E-state index contributed by atoms with van der Waals surface area (Å²) in [6.07, 6.45) is 7.42. The Bertz CT molecular complexity index is 1010. The van der Waals surface area contributed by atoms with E-state index in [1.165, 1.54) is 6.07 Å². The lowest BCUT2D eigenvalue weighted by molar-refractivity contribution is 0.0698. The van der Waals surface area contributed by atoms with Crippen molar-refractivity contribution in [1.82, 2.24) is 4.90 Å². The number of carbonyl (C=O) groups is 1. The second kappa shape index (κ2) is 7.38. The van der Waals surface area contributed by atoms with Crippen molar-refractivity contribution in [2.75, 3.05) is 18.4 Å². The first-order valence-electron chi connectivity index (χ1n) is 10.9. The number of amides is 1. The smallest absolute Gasteiger partial charge is 0.255 e. The van der Waals surface area contributed by atoms with Crippen molar-refractivity contribution in [3.8, 4) is 11.5 Å². The number of phenolic OH excluding ortho intramolecular Hbond substituents is 2. The van der Waals surface area contributed by atoms with E-state index in [2.05, 4.69) is 30.5 Å². The van der Waals surface area contributed by atoms with Crippen LogP contribution in [0.15, 0.2) is 48.6 Å². The molecule has 3 unspecified atom stereocenters. The van der Waals surface area contributed by atoms with Crippen molar-refractivity contribution in [2.45, 2.75) is 38.1 Å². The van der Waals surface area contributed by atoms with E-state index < -0.39 is 0 Å². The molecular weight excluding hydrogens is 376 g/mol. The standard InChI is InChI=1S/C25H28N2O3/c1-15-10-12-27(13-11-15)25(30)21-7-3-6-19-17-4-2-5-18(17)23(26-24(19)21)20-9-8-16(28)14-22(20)29/h2-4,6-9,14-15,17-18,23,26,28-29H,5,10-13H2,1H3. The van der Waals surface area contributed by atoms with Gasteiger partial charge in [0, 0.05) is 30.6 Å². The minimum absolute atomic E-state index is 0.0451. The highest BCUT2D eigenvalue weighted by Gasteiger charge is 2.40. The topological polar surface area (TPSA) is 72.8 Å². The Balaban J connectivity index is 1.54. The van der Waals surface area contributed by atoms with E-state index in [0.29, 0.717) is 11.5 Å². The van der Waals surface area contributed by atoms with Gasteiger partial charge >= 0.3 is 0 Å². The van der Waals surface area contributed by atoms with Gasteiger partial charge in [-0.3, -0.25) is 4.79 Å². The quantitative estimate of drug-likeness (QED) is 0.629. The van der Waals surface area contributed by atoms with E-state index in [9.17, 15) is 15.0 Å². The summed E-state index contributed by atoms with van der Waals surface area (Å²) in [5, 5.41) is 23.9. The number of allylic oxidation sites excluding steroid dienone is 2. The van der Waals surface area contributed by atoms with E-state index >= 15 is 0 Å². The van der Waals surface area contributed by atoms with E-state index in [1.807, 2.05) is 17.0 Å². The molecule has 3 N–H and O–H groups in total. The van der Waals surface area contributed by atoms with Gasteiger partial charge in [0.1, 0.15) is 11.5 Å². The molecule has 1 aliphatic carbocycles. The van der Waals surface area contributed by atoms with Gasteiger partial charge in [-0.25, -0.2) is 0 Å². The molecule has 0 aromatic heterocycles. The molecule has 30 heavy (non-hydrogen) atoms. The molecule has 1 amide bonds. The van der Waals surface area contributed by atoms with Gasteiger partial charge in [0.25, 0.3) is 5.91 Å². The number of anilines is 1. The van der Waals surface area contributed by atoms with Crippen LogP contribution in [0.1, 0.15) is 59.6 Å². The highest BCUT2D eigenvalue weighted by atomic mass is 16.3. The third kappa shape index (κ3) is 3.13. The lowest BCUT2D eigenvalue weighted by Gasteiger charge is -2.39. The van der Waals surface area contributed by atoms with Crippen molar-refractivity contribution in [1.29, 1.82) is 0 Å². The van der Waals surface area contributed by atoms with Crippen LogP contribution in [0.2, 0.25) is 0 Å². The molecule has 5 nitrogen and oxygen atoms in total. The summed E-state index contributed by atoms with van der Waals surface area (Å²) >= 11 is 0. The monoisotopic (exact) mass is 404 g/mol. The molecule has 0 radical (unpaired) electrons. The van der Waals surface area contributed by atoms with Crippen LogP contribution < -0.4 is 5.32 Å². The van der Waals surface area contributed by atoms with Crippen molar-refractivity contribution in [3.05, 3.63) is 65.2 Å².